The number of anilines is 1. The van der Waals surface area contributed by atoms with Gasteiger partial charge in [-0.15, -0.1) is 23.1 Å². The van der Waals surface area contributed by atoms with Crippen LogP contribution in [-0.4, -0.2) is 73.9 Å². The number of carbonyl (C=O) groups is 1. The van der Waals surface area contributed by atoms with E-state index in [4.69, 9.17) is 4.74 Å². The number of hydrogen-bond donors (Lipinski definition) is 0. The summed E-state index contributed by atoms with van der Waals surface area (Å²) < 4.78 is 5.56. The predicted octanol–water partition coefficient (Wildman–Crippen LogP) is 3.58. The Balaban J connectivity index is 1.48. The van der Waals surface area contributed by atoms with Crippen LogP contribution in [0.15, 0.2) is 46.7 Å². The lowest BCUT2D eigenvalue weighted by atomic mass is 10.1. The van der Waals surface area contributed by atoms with Crippen molar-refractivity contribution in [2.75, 3.05) is 57.1 Å². The molecule has 2 aliphatic rings. The Morgan fingerprint density at radius 3 is 2.72 bits per heavy atom. The molecule has 156 valence electrons. The van der Waals surface area contributed by atoms with Gasteiger partial charge in [0.15, 0.2) is 0 Å². The van der Waals surface area contributed by atoms with Crippen molar-refractivity contribution in [1.82, 2.24) is 9.80 Å². The van der Waals surface area contributed by atoms with Crippen LogP contribution in [-0.2, 0) is 9.53 Å². The molecule has 0 radical (unpaired) electrons. The van der Waals surface area contributed by atoms with Crippen molar-refractivity contribution in [3.63, 3.8) is 0 Å². The lowest BCUT2D eigenvalue weighted by molar-refractivity contribution is -0.123. The summed E-state index contributed by atoms with van der Waals surface area (Å²) in [7, 11) is 2.08. The van der Waals surface area contributed by atoms with E-state index >= 15 is 0 Å². The van der Waals surface area contributed by atoms with Gasteiger partial charge in [0.25, 0.3) is 0 Å². The first-order valence-electron chi connectivity index (χ1n) is 10.2. The Morgan fingerprint density at radius 1 is 1.17 bits per heavy atom. The molecule has 2 aliphatic heterocycles. The average molecular weight is 432 g/mol. The number of benzene rings is 1. The number of amides is 1. The Morgan fingerprint density at radius 2 is 1.97 bits per heavy atom. The van der Waals surface area contributed by atoms with E-state index in [0.29, 0.717) is 6.04 Å². The quantitative estimate of drug-likeness (QED) is 0.699. The Hall–Kier alpha value is -1.38. The topological polar surface area (TPSA) is 36.0 Å². The molecule has 5 nitrogen and oxygen atoms in total. The second kappa shape index (κ2) is 9.62. The van der Waals surface area contributed by atoms with Gasteiger partial charge in [0.2, 0.25) is 5.91 Å². The number of thiophene rings is 1. The number of para-hydroxylation sites is 1. The third-order valence-corrected chi connectivity index (χ3v) is 7.85. The van der Waals surface area contributed by atoms with Gasteiger partial charge >= 0.3 is 0 Å². The number of likely N-dealkylation sites (N-methyl/N-ethyl adjacent to an activating group) is 1. The Kier molecular flexibility index (Phi) is 6.92. The lowest BCUT2D eigenvalue weighted by Crippen LogP contribution is -2.50. The van der Waals surface area contributed by atoms with Crippen molar-refractivity contribution >= 4 is 34.7 Å². The summed E-state index contributed by atoms with van der Waals surface area (Å²) in [4.78, 5) is 22.6. The maximum Gasteiger partial charge on any atom is 0.244 e. The summed E-state index contributed by atoms with van der Waals surface area (Å²) >= 11 is 3.63. The molecule has 0 N–H and O–H groups in total. The highest BCUT2D eigenvalue weighted by atomic mass is 32.2. The first-order valence-corrected chi connectivity index (χ1v) is 12.1. The third kappa shape index (κ3) is 4.70. The summed E-state index contributed by atoms with van der Waals surface area (Å²) in [6.45, 7) is 7.08. The van der Waals surface area contributed by atoms with Gasteiger partial charge in [-0.25, -0.2) is 0 Å². The average Bonchev–Trinajstić information content (AvgIpc) is 3.31. The van der Waals surface area contributed by atoms with Gasteiger partial charge < -0.3 is 9.64 Å². The van der Waals surface area contributed by atoms with Crippen molar-refractivity contribution in [2.45, 2.75) is 23.9 Å². The van der Waals surface area contributed by atoms with Gasteiger partial charge in [-0.05, 0) is 37.6 Å². The maximum atomic E-state index is 13.4. The van der Waals surface area contributed by atoms with E-state index in [1.54, 1.807) is 11.3 Å². The fraction of sp³-hybridized carbons (Fsp3) is 0.500. The molecule has 0 spiro atoms. The highest BCUT2D eigenvalue weighted by molar-refractivity contribution is 7.99. The van der Waals surface area contributed by atoms with Gasteiger partial charge in [-0.1, -0.05) is 18.2 Å². The smallest absolute Gasteiger partial charge is 0.244 e. The third-order valence-electron chi connectivity index (χ3n) is 5.83. The minimum atomic E-state index is -0.172. The van der Waals surface area contributed by atoms with Crippen LogP contribution in [0.1, 0.15) is 17.8 Å². The molecule has 2 aromatic rings. The van der Waals surface area contributed by atoms with Gasteiger partial charge in [0.1, 0.15) is 0 Å². The molecule has 0 aliphatic carbocycles. The molecule has 1 saturated heterocycles. The number of ether oxygens (including phenoxy) is 1. The Labute approximate surface area is 181 Å². The minimum absolute atomic E-state index is 0.172. The van der Waals surface area contributed by atoms with Crippen LogP contribution in [0.2, 0.25) is 0 Å². The zero-order chi connectivity index (χ0) is 20.2. The molecule has 1 aromatic heterocycles. The maximum absolute atomic E-state index is 13.4. The molecule has 2 atom stereocenters. The van der Waals surface area contributed by atoms with Gasteiger partial charge in [-0.2, -0.15) is 0 Å². The normalized spacial score (nSPS) is 19.8. The number of morpholine rings is 1. The van der Waals surface area contributed by atoms with Crippen LogP contribution >= 0.6 is 23.1 Å². The van der Waals surface area contributed by atoms with Crippen molar-refractivity contribution in [1.29, 1.82) is 0 Å². The van der Waals surface area contributed by atoms with Gasteiger partial charge in [-0.3, -0.25) is 14.6 Å². The number of fused-ring (bicyclic) bond motifs is 1. The zero-order valence-electron chi connectivity index (χ0n) is 17.1. The predicted molar refractivity (Wildman–Crippen MR) is 121 cm³/mol. The first-order chi connectivity index (χ1) is 14.1. The number of hydrogen-bond acceptors (Lipinski definition) is 6. The van der Waals surface area contributed by atoms with E-state index < -0.39 is 0 Å². The van der Waals surface area contributed by atoms with Crippen LogP contribution in [0.4, 0.5) is 5.69 Å². The summed E-state index contributed by atoms with van der Waals surface area (Å²) in [5.74, 6) is 1.14. The van der Waals surface area contributed by atoms with E-state index in [9.17, 15) is 4.79 Å². The number of carbonyl (C=O) groups excluding carboxylic acids is 1. The van der Waals surface area contributed by atoms with Crippen molar-refractivity contribution in [3.8, 4) is 0 Å². The van der Waals surface area contributed by atoms with Crippen LogP contribution in [0, 0.1) is 0 Å². The highest BCUT2D eigenvalue weighted by Crippen LogP contribution is 2.35. The van der Waals surface area contributed by atoms with Crippen molar-refractivity contribution in [2.24, 2.45) is 0 Å². The molecule has 1 fully saturated rings. The van der Waals surface area contributed by atoms with Crippen LogP contribution in [0.3, 0.4) is 0 Å². The molecule has 1 aromatic carbocycles. The fourth-order valence-electron chi connectivity index (χ4n) is 4.00. The van der Waals surface area contributed by atoms with E-state index in [1.807, 2.05) is 35.7 Å². The van der Waals surface area contributed by atoms with E-state index in [2.05, 4.69) is 46.5 Å². The number of thioether (sulfide) groups is 1. The van der Waals surface area contributed by atoms with Crippen LogP contribution in [0.5, 0.6) is 0 Å². The first kappa shape index (κ1) is 20.9. The second-order valence-corrected chi connectivity index (χ2v) is 9.72. The minimum Gasteiger partial charge on any atom is -0.379 e. The molecule has 7 heteroatoms. The highest BCUT2D eigenvalue weighted by Gasteiger charge is 2.31. The standard InChI is InChI=1S/C22H29N3O2S2/c1-17(22(26)25-11-15-29-20-7-4-3-6-18(20)25)23(2)16-19(21-8-5-14-28-21)24-9-12-27-13-10-24/h3-8,14,17,19H,9-13,15-16H2,1-2H3. The van der Waals surface area contributed by atoms with Crippen molar-refractivity contribution in [3.05, 3.63) is 46.7 Å². The number of nitrogens with zero attached hydrogens (tertiary/aromatic N) is 3. The van der Waals surface area contributed by atoms with Gasteiger partial charge in [0.05, 0.1) is 31.0 Å². The second-order valence-electron chi connectivity index (χ2n) is 7.60. The molecule has 29 heavy (non-hydrogen) atoms. The van der Waals surface area contributed by atoms with Gasteiger partial charge in [0, 0.05) is 41.7 Å². The summed E-state index contributed by atoms with van der Waals surface area (Å²) in [6.07, 6.45) is 0. The molecule has 1 amide bonds. The molecule has 3 heterocycles. The zero-order valence-corrected chi connectivity index (χ0v) is 18.8. The fourth-order valence-corrected chi connectivity index (χ4v) is 5.85. The molecule has 2 unspecified atom stereocenters. The largest absolute Gasteiger partial charge is 0.379 e. The molecular weight excluding hydrogens is 402 g/mol. The van der Waals surface area contributed by atoms with Crippen molar-refractivity contribution < 1.29 is 9.53 Å². The lowest BCUT2D eigenvalue weighted by Gasteiger charge is -2.38. The summed E-state index contributed by atoms with van der Waals surface area (Å²) in [6, 6.07) is 12.7. The van der Waals surface area contributed by atoms with E-state index in [1.165, 1.54) is 9.77 Å². The monoisotopic (exact) mass is 431 g/mol. The molecular formula is C22H29N3O2S2. The molecule has 4 rings (SSSR count). The van der Waals surface area contributed by atoms with Crippen LogP contribution < -0.4 is 4.90 Å². The Bertz CT molecular complexity index is 808. The summed E-state index contributed by atoms with van der Waals surface area (Å²) in [5.41, 5.74) is 1.05. The SMILES string of the molecule is CC(C(=O)N1CCSc2ccccc21)N(C)CC(c1cccs1)N1CCOCC1. The molecule has 0 saturated carbocycles. The van der Waals surface area contributed by atoms with E-state index in [0.717, 1.165) is 50.8 Å². The van der Waals surface area contributed by atoms with E-state index in [-0.39, 0.29) is 11.9 Å². The summed E-state index contributed by atoms with van der Waals surface area (Å²) in [5, 5.41) is 2.14. The molecule has 0 bridgehead atoms. The number of rotatable bonds is 6. The van der Waals surface area contributed by atoms with Crippen LogP contribution in [0.25, 0.3) is 0 Å².